The molecule has 0 atom stereocenters. The number of nitrogens with zero attached hydrogens (tertiary/aromatic N) is 2. The van der Waals surface area contributed by atoms with Crippen LogP contribution in [0.3, 0.4) is 0 Å². The monoisotopic (exact) mass is 344 g/mol. The van der Waals surface area contributed by atoms with Crippen LogP contribution in [0.4, 0.5) is 11.4 Å². The quantitative estimate of drug-likeness (QED) is 0.711. The van der Waals surface area contributed by atoms with Crippen LogP contribution in [0.2, 0.25) is 0 Å². The smallest absolute Gasteiger partial charge is 0.143 e. The maximum Gasteiger partial charge on any atom is 0.143 e. The molecule has 0 N–H and O–H groups in total. The van der Waals surface area contributed by atoms with Gasteiger partial charge >= 0.3 is 0 Å². The second kappa shape index (κ2) is 7.90. The van der Waals surface area contributed by atoms with Gasteiger partial charge in [-0.15, -0.1) is 0 Å². The van der Waals surface area contributed by atoms with E-state index in [0.29, 0.717) is 0 Å². The first kappa shape index (κ1) is 18.6. The summed E-state index contributed by atoms with van der Waals surface area (Å²) in [6.45, 7) is 2.15. The average Bonchev–Trinajstić information content (AvgIpc) is 2.59. The molecule has 0 aromatic heterocycles. The topological polar surface area (TPSA) is 23.6 Å². The van der Waals surface area contributed by atoms with E-state index < -0.39 is 7.14 Å². The molecular formula is C20H29N2OP. The fraction of sp³-hybridized carbons (Fsp3) is 0.400. The molecule has 0 saturated carbocycles. The SMILES string of the molecule is CCCCP(=O)(c1ccc(N(C)C)cc1)c1ccc(N(C)C)cc1. The number of hydrogen-bond donors (Lipinski definition) is 0. The molecule has 3 nitrogen and oxygen atoms in total. The van der Waals surface area contributed by atoms with E-state index >= 15 is 0 Å². The number of hydrogen-bond acceptors (Lipinski definition) is 3. The second-order valence-corrected chi connectivity index (χ2v) is 9.60. The molecule has 2 aromatic carbocycles. The lowest BCUT2D eigenvalue weighted by Crippen LogP contribution is -2.20. The van der Waals surface area contributed by atoms with E-state index in [1.165, 1.54) is 0 Å². The van der Waals surface area contributed by atoms with E-state index in [4.69, 9.17) is 0 Å². The lowest BCUT2D eigenvalue weighted by molar-refractivity contribution is 0.585. The van der Waals surface area contributed by atoms with Crippen LogP contribution in [0, 0.1) is 0 Å². The highest BCUT2D eigenvalue weighted by atomic mass is 31.2. The lowest BCUT2D eigenvalue weighted by Gasteiger charge is -2.21. The van der Waals surface area contributed by atoms with Crippen LogP contribution < -0.4 is 20.4 Å². The summed E-state index contributed by atoms with van der Waals surface area (Å²) < 4.78 is 13.9. The third kappa shape index (κ3) is 4.02. The first-order valence-corrected chi connectivity index (χ1v) is 10.4. The largest absolute Gasteiger partial charge is 0.378 e. The minimum absolute atomic E-state index is 0.728. The molecule has 2 rings (SSSR count). The molecule has 4 heteroatoms. The standard InChI is InChI=1S/C20H29N2OP/c1-6-7-16-24(23,19-12-8-17(9-13-19)21(2)3)20-14-10-18(11-15-20)22(4)5/h8-15H,6-7,16H2,1-5H3. The van der Waals surface area contributed by atoms with Gasteiger partial charge in [0.15, 0.2) is 0 Å². The Bertz CT molecular complexity index is 635. The highest BCUT2D eigenvalue weighted by Crippen LogP contribution is 2.44. The van der Waals surface area contributed by atoms with E-state index in [9.17, 15) is 4.57 Å². The Labute approximate surface area is 146 Å². The molecule has 0 amide bonds. The van der Waals surface area contributed by atoms with Crippen molar-refractivity contribution in [3.63, 3.8) is 0 Å². The van der Waals surface area contributed by atoms with E-state index in [2.05, 4.69) is 41.0 Å². The summed E-state index contributed by atoms with van der Waals surface area (Å²) in [5, 5.41) is 1.92. The van der Waals surface area contributed by atoms with E-state index in [1.54, 1.807) is 0 Å². The molecule has 0 radical (unpaired) electrons. The molecule has 0 aliphatic rings. The van der Waals surface area contributed by atoms with Gasteiger partial charge in [-0.05, 0) is 55.0 Å². The number of unbranched alkanes of at least 4 members (excludes halogenated alkanes) is 1. The lowest BCUT2D eigenvalue weighted by atomic mass is 10.3. The van der Waals surface area contributed by atoms with Crippen LogP contribution in [-0.2, 0) is 4.57 Å². The van der Waals surface area contributed by atoms with Gasteiger partial charge < -0.3 is 14.4 Å². The predicted molar refractivity (Wildman–Crippen MR) is 108 cm³/mol. The summed E-state index contributed by atoms with van der Waals surface area (Å²) in [6.07, 6.45) is 2.75. The third-order valence-corrected chi connectivity index (χ3v) is 7.60. The Morgan fingerprint density at radius 1 is 0.750 bits per heavy atom. The minimum Gasteiger partial charge on any atom is -0.378 e. The first-order chi connectivity index (χ1) is 11.4. The van der Waals surface area contributed by atoms with Gasteiger partial charge in [-0.1, -0.05) is 13.3 Å². The minimum atomic E-state index is -2.58. The van der Waals surface area contributed by atoms with Gasteiger partial charge in [-0.2, -0.15) is 0 Å². The van der Waals surface area contributed by atoms with Crippen LogP contribution in [0.5, 0.6) is 0 Å². The van der Waals surface area contributed by atoms with Crippen LogP contribution in [-0.4, -0.2) is 34.4 Å². The molecular weight excluding hydrogens is 315 g/mol. The number of rotatable bonds is 7. The molecule has 0 aliphatic heterocycles. The Kier molecular flexibility index (Phi) is 6.12. The van der Waals surface area contributed by atoms with Gasteiger partial charge in [0.05, 0.1) is 0 Å². The van der Waals surface area contributed by atoms with Crippen molar-refractivity contribution in [1.29, 1.82) is 0 Å². The molecule has 0 fully saturated rings. The van der Waals surface area contributed by atoms with Crippen molar-refractivity contribution in [2.24, 2.45) is 0 Å². The third-order valence-electron chi connectivity index (χ3n) is 4.39. The molecule has 0 heterocycles. The fourth-order valence-electron chi connectivity index (χ4n) is 2.77. The van der Waals surface area contributed by atoms with Gasteiger partial charge in [0.1, 0.15) is 7.14 Å². The van der Waals surface area contributed by atoms with Crippen molar-refractivity contribution in [3.05, 3.63) is 48.5 Å². The Hall–Kier alpha value is -1.73. The van der Waals surface area contributed by atoms with E-state index in [-0.39, 0.29) is 0 Å². The van der Waals surface area contributed by atoms with Crippen LogP contribution in [0.1, 0.15) is 19.8 Å². The molecule has 0 bridgehead atoms. The van der Waals surface area contributed by atoms with Gasteiger partial charge in [0.25, 0.3) is 0 Å². The Morgan fingerprint density at radius 3 is 1.42 bits per heavy atom. The maximum atomic E-state index is 13.9. The zero-order valence-electron chi connectivity index (χ0n) is 15.5. The highest BCUT2D eigenvalue weighted by Gasteiger charge is 2.26. The molecule has 0 aliphatic carbocycles. The number of benzene rings is 2. The highest BCUT2D eigenvalue weighted by molar-refractivity contribution is 7.78. The first-order valence-electron chi connectivity index (χ1n) is 8.53. The van der Waals surface area contributed by atoms with Crippen molar-refractivity contribution in [2.75, 3.05) is 44.2 Å². The Balaban J connectivity index is 2.43. The van der Waals surface area contributed by atoms with Crippen LogP contribution in [0.25, 0.3) is 0 Å². The summed E-state index contributed by atoms with van der Waals surface area (Å²) in [5.74, 6) is 0. The molecule has 2 aromatic rings. The summed E-state index contributed by atoms with van der Waals surface area (Å²) >= 11 is 0. The molecule has 0 unspecified atom stereocenters. The fourth-order valence-corrected chi connectivity index (χ4v) is 5.61. The molecule has 24 heavy (non-hydrogen) atoms. The second-order valence-electron chi connectivity index (χ2n) is 6.64. The van der Waals surface area contributed by atoms with Crippen LogP contribution >= 0.6 is 7.14 Å². The van der Waals surface area contributed by atoms with Crippen molar-refractivity contribution < 1.29 is 4.57 Å². The molecule has 0 saturated heterocycles. The summed E-state index contributed by atoms with van der Waals surface area (Å²) in [5.41, 5.74) is 2.26. The van der Waals surface area contributed by atoms with Crippen LogP contribution in [0.15, 0.2) is 48.5 Å². The van der Waals surface area contributed by atoms with Crippen molar-refractivity contribution in [2.45, 2.75) is 19.8 Å². The summed E-state index contributed by atoms with van der Waals surface area (Å²) in [4.78, 5) is 4.12. The normalized spacial score (nSPS) is 11.4. The zero-order chi connectivity index (χ0) is 17.7. The molecule has 130 valence electrons. The maximum absolute atomic E-state index is 13.9. The zero-order valence-corrected chi connectivity index (χ0v) is 16.4. The van der Waals surface area contributed by atoms with Gasteiger partial charge in [-0.25, -0.2) is 0 Å². The summed E-state index contributed by atoms with van der Waals surface area (Å²) in [6, 6.07) is 16.4. The van der Waals surface area contributed by atoms with Crippen molar-refractivity contribution >= 4 is 29.1 Å². The van der Waals surface area contributed by atoms with E-state index in [1.807, 2.05) is 52.5 Å². The Morgan fingerprint density at radius 2 is 1.12 bits per heavy atom. The van der Waals surface area contributed by atoms with Crippen molar-refractivity contribution in [1.82, 2.24) is 0 Å². The molecule has 0 spiro atoms. The van der Waals surface area contributed by atoms with Gasteiger partial charge in [0, 0.05) is 56.3 Å². The van der Waals surface area contributed by atoms with Crippen molar-refractivity contribution in [3.8, 4) is 0 Å². The van der Waals surface area contributed by atoms with Gasteiger partial charge in [0.2, 0.25) is 0 Å². The average molecular weight is 344 g/mol. The summed E-state index contributed by atoms with van der Waals surface area (Å²) in [7, 11) is 5.50. The van der Waals surface area contributed by atoms with E-state index in [0.717, 1.165) is 41.0 Å². The number of anilines is 2. The predicted octanol–water partition coefficient (Wildman–Crippen LogP) is 3.93. The van der Waals surface area contributed by atoms with Gasteiger partial charge in [-0.3, -0.25) is 0 Å².